The van der Waals surface area contributed by atoms with Crippen molar-refractivity contribution in [3.8, 4) is 5.88 Å². The molecule has 0 spiro atoms. The summed E-state index contributed by atoms with van der Waals surface area (Å²) in [5.74, 6) is -1.47. The Morgan fingerprint density at radius 1 is 1.57 bits per heavy atom. The minimum absolute atomic E-state index is 0.0317. The van der Waals surface area contributed by atoms with Gasteiger partial charge in [0.25, 0.3) is 6.43 Å². The van der Waals surface area contributed by atoms with E-state index in [1.807, 2.05) is 0 Å². The highest BCUT2D eigenvalue weighted by Gasteiger charge is 2.18. The summed E-state index contributed by atoms with van der Waals surface area (Å²) in [6.45, 7) is -0.532. The molecule has 0 radical (unpaired) electrons. The van der Waals surface area contributed by atoms with E-state index in [0.717, 1.165) is 6.07 Å². The highest BCUT2D eigenvalue weighted by molar-refractivity contribution is 5.30. The largest absolute Gasteiger partial charge is 0.481 e. The smallest absolute Gasteiger partial charge is 0.268 e. The molecule has 0 amide bonds. The van der Waals surface area contributed by atoms with Crippen molar-refractivity contribution in [3.63, 3.8) is 0 Å². The Hall–Kier alpha value is -1.30. The monoisotopic (exact) mass is 207 g/mol. The molecular formula is C8H8F3NO2. The number of aromatic nitrogens is 1. The van der Waals surface area contributed by atoms with Gasteiger partial charge >= 0.3 is 0 Å². The van der Waals surface area contributed by atoms with Gasteiger partial charge in [-0.1, -0.05) is 0 Å². The van der Waals surface area contributed by atoms with E-state index in [-0.39, 0.29) is 11.4 Å². The molecule has 0 aliphatic heterocycles. The number of nitrogens with zero attached hydrogens (tertiary/aromatic N) is 1. The third kappa shape index (κ3) is 1.95. The summed E-state index contributed by atoms with van der Waals surface area (Å²) < 4.78 is 41.8. The van der Waals surface area contributed by atoms with Crippen LogP contribution in [-0.4, -0.2) is 17.2 Å². The van der Waals surface area contributed by atoms with Gasteiger partial charge in [-0.3, -0.25) is 0 Å². The average molecular weight is 207 g/mol. The Kier molecular flexibility index (Phi) is 3.29. The van der Waals surface area contributed by atoms with E-state index in [4.69, 9.17) is 5.11 Å². The Labute approximate surface area is 78.2 Å². The Bertz CT molecular complexity index is 331. The van der Waals surface area contributed by atoms with Crippen molar-refractivity contribution in [2.75, 3.05) is 7.11 Å². The molecule has 0 aliphatic rings. The third-order valence-electron chi connectivity index (χ3n) is 1.64. The predicted octanol–water partition coefficient (Wildman–Crippen LogP) is 1.66. The van der Waals surface area contributed by atoms with Crippen LogP contribution in [0.4, 0.5) is 13.2 Å². The molecule has 78 valence electrons. The Balaban J connectivity index is 3.23. The topological polar surface area (TPSA) is 42.4 Å². The molecular weight excluding hydrogens is 199 g/mol. The first-order valence-electron chi connectivity index (χ1n) is 3.72. The van der Waals surface area contributed by atoms with Crippen molar-refractivity contribution >= 4 is 0 Å². The molecule has 0 saturated carbocycles. The fraction of sp³-hybridized carbons (Fsp3) is 0.375. The summed E-state index contributed by atoms with van der Waals surface area (Å²) in [6, 6.07) is 0.839. The lowest BCUT2D eigenvalue weighted by Gasteiger charge is -2.08. The number of pyridine rings is 1. The van der Waals surface area contributed by atoms with Crippen molar-refractivity contribution in [2.24, 2.45) is 0 Å². The third-order valence-corrected chi connectivity index (χ3v) is 1.64. The molecule has 1 aromatic heterocycles. The van der Waals surface area contributed by atoms with Gasteiger partial charge in [-0.15, -0.1) is 0 Å². The van der Waals surface area contributed by atoms with Crippen LogP contribution in [0.2, 0.25) is 0 Å². The van der Waals surface area contributed by atoms with Crippen molar-refractivity contribution in [2.45, 2.75) is 13.0 Å². The van der Waals surface area contributed by atoms with Gasteiger partial charge in [0.15, 0.2) is 0 Å². The fourth-order valence-corrected chi connectivity index (χ4v) is 0.978. The van der Waals surface area contributed by atoms with Gasteiger partial charge in [-0.25, -0.2) is 8.78 Å². The molecule has 0 saturated heterocycles. The lowest BCUT2D eigenvalue weighted by molar-refractivity contribution is 0.144. The summed E-state index contributed by atoms with van der Waals surface area (Å²) in [6.07, 6.45) is -2.96. The maximum atomic E-state index is 12.9. The highest BCUT2D eigenvalue weighted by Crippen LogP contribution is 2.26. The number of halogens is 3. The molecule has 0 atom stereocenters. The molecule has 1 N–H and O–H groups in total. The van der Waals surface area contributed by atoms with Crippen LogP contribution in [0.15, 0.2) is 6.07 Å². The first kappa shape index (κ1) is 10.8. The second kappa shape index (κ2) is 4.28. The van der Waals surface area contributed by atoms with E-state index < -0.39 is 24.5 Å². The molecule has 0 unspecified atom stereocenters. The van der Waals surface area contributed by atoms with Crippen LogP contribution in [0.1, 0.15) is 17.6 Å². The predicted molar refractivity (Wildman–Crippen MR) is 41.6 cm³/mol. The van der Waals surface area contributed by atoms with Gasteiger partial charge in [0.1, 0.15) is 0 Å². The minimum atomic E-state index is -2.96. The lowest BCUT2D eigenvalue weighted by atomic mass is 10.2. The molecule has 0 bridgehead atoms. The summed E-state index contributed by atoms with van der Waals surface area (Å²) in [4.78, 5) is 3.15. The van der Waals surface area contributed by atoms with E-state index >= 15 is 0 Å². The maximum absolute atomic E-state index is 12.9. The molecule has 1 aromatic rings. The van der Waals surface area contributed by atoms with Crippen molar-refractivity contribution < 1.29 is 23.0 Å². The number of aliphatic hydroxyl groups is 1. The number of methoxy groups -OCH3 is 1. The van der Waals surface area contributed by atoms with E-state index in [9.17, 15) is 13.2 Å². The minimum Gasteiger partial charge on any atom is -0.481 e. The van der Waals surface area contributed by atoms with E-state index in [2.05, 4.69) is 9.72 Å². The lowest BCUT2D eigenvalue weighted by Crippen LogP contribution is -2.02. The van der Waals surface area contributed by atoms with E-state index in [0.29, 0.717) is 0 Å². The first-order valence-corrected chi connectivity index (χ1v) is 3.72. The number of hydrogen-bond donors (Lipinski definition) is 1. The zero-order chi connectivity index (χ0) is 10.7. The van der Waals surface area contributed by atoms with E-state index in [1.165, 1.54) is 7.11 Å². The van der Waals surface area contributed by atoms with Crippen LogP contribution in [0.3, 0.4) is 0 Å². The number of aliphatic hydroxyl groups excluding tert-OH is 1. The summed E-state index contributed by atoms with van der Waals surface area (Å²) in [5.41, 5.74) is -0.806. The Morgan fingerprint density at radius 2 is 2.21 bits per heavy atom. The maximum Gasteiger partial charge on any atom is 0.268 e. The van der Waals surface area contributed by atoms with Crippen molar-refractivity contribution in [3.05, 3.63) is 23.1 Å². The molecule has 0 fully saturated rings. The second-order valence-corrected chi connectivity index (χ2v) is 2.50. The number of hydrogen-bond acceptors (Lipinski definition) is 3. The summed E-state index contributed by atoms with van der Waals surface area (Å²) >= 11 is 0. The molecule has 1 rings (SSSR count). The molecule has 14 heavy (non-hydrogen) atoms. The zero-order valence-electron chi connectivity index (χ0n) is 7.30. The van der Waals surface area contributed by atoms with Crippen LogP contribution >= 0.6 is 0 Å². The standard InChI is InChI=1S/C8H8F3NO2/c1-14-8-4(3-13)2-5(6(9)10)7(11)12-8/h2,6,13H,3H2,1H3. The second-order valence-electron chi connectivity index (χ2n) is 2.50. The molecule has 0 aliphatic carbocycles. The average Bonchev–Trinajstić information content (AvgIpc) is 2.16. The molecule has 3 nitrogen and oxygen atoms in total. The van der Waals surface area contributed by atoms with Crippen LogP contribution in [0.5, 0.6) is 5.88 Å². The Morgan fingerprint density at radius 3 is 2.64 bits per heavy atom. The zero-order valence-corrected chi connectivity index (χ0v) is 7.30. The SMILES string of the molecule is COc1nc(F)c(C(F)F)cc1CO. The fourth-order valence-electron chi connectivity index (χ4n) is 0.978. The van der Waals surface area contributed by atoms with Crippen LogP contribution in [0.25, 0.3) is 0 Å². The summed E-state index contributed by atoms with van der Waals surface area (Å²) in [5, 5.41) is 8.76. The van der Waals surface area contributed by atoms with Crippen LogP contribution in [0, 0.1) is 5.95 Å². The van der Waals surface area contributed by atoms with Gasteiger partial charge in [0, 0.05) is 5.56 Å². The quantitative estimate of drug-likeness (QED) is 0.766. The van der Waals surface area contributed by atoms with Crippen LogP contribution < -0.4 is 4.74 Å². The molecule has 6 heteroatoms. The number of rotatable bonds is 3. The van der Waals surface area contributed by atoms with Crippen LogP contribution in [-0.2, 0) is 6.61 Å². The van der Waals surface area contributed by atoms with E-state index in [1.54, 1.807) is 0 Å². The summed E-state index contributed by atoms with van der Waals surface area (Å²) in [7, 11) is 1.21. The molecule has 0 aromatic carbocycles. The molecule has 1 heterocycles. The van der Waals surface area contributed by atoms with Gasteiger partial charge in [-0.05, 0) is 6.07 Å². The highest BCUT2D eigenvalue weighted by atomic mass is 19.3. The van der Waals surface area contributed by atoms with Crippen molar-refractivity contribution in [1.29, 1.82) is 0 Å². The first-order chi connectivity index (χ1) is 6.60. The normalized spacial score (nSPS) is 10.7. The number of ether oxygens (including phenoxy) is 1. The van der Waals surface area contributed by atoms with Crippen molar-refractivity contribution in [1.82, 2.24) is 4.98 Å². The number of alkyl halides is 2. The van der Waals surface area contributed by atoms with Gasteiger partial charge in [0.2, 0.25) is 11.8 Å². The van der Waals surface area contributed by atoms with Gasteiger partial charge < -0.3 is 9.84 Å². The van der Waals surface area contributed by atoms with Gasteiger partial charge in [-0.2, -0.15) is 9.37 Å². The van der Waals surface area contributed by atoms with Gasteiger partial charge in [0.05, 0.1) is 19.3 Å².